The lowest BCUT2D eigenvalue weighted by Crippen LogP contribution is -2.11. The summed E-state index contributed by atoms with van der Waals surface area (Å²) in [5.41, 5.74) is 6.35. The smallest absolute Gasteiger partial charge is 0.320 e. The Kier molecular flexibility index (Phi) is 4.29. The highest BCUT2D eigenvalue weighted by Crippen LogP contribution is 2.26. The number of ether oxygens (including phenoxy) is 1. The minimum atomic E-state index is -2.70. The SMILES string of the molecule is C[C@@H](N)c1ccc(F)cc1OCc1nccn1C(F)F. The highest BCUT2D eigenvalue weighted by Gasteiger charge is 2.14. The van der Waals surface area contributed by atoms with Crippen molar-refractivity contribution >= 4 is 0 Å². The molecular formula is C13H14F3N3O. The number of nitrogens with zero attached hydrogens (tertiary/aromatic N) is 2. The van der Waals surface area contributed by atoms with Gasteiger partial charge in [0.25, 0.3) is 0 Å². The first kappa shape index (κ1) is 14.4. The molecule has 1 aromatic heterocycles. The van der Waals surface area contributed by atoms with Gasteiger partial charge in [0.1, 0.15) is 18.2 Å². The minimum absolute atomic E-state index is 0.0554. The zero-order valence-electron chi connectivity index (χ0n) is 10.8. The van der Waals surface area contributed by atoms with Crippen molar-refractivity contribution in [3.8, 4) is 5.75 Å². The van der Waals surface area contributed by atoms with E-state index in [1.807, 2.05) is 0 Å². The van der Waals surface area contributed by atoms with Crippen LogP contribution in [0.2, 0.25) is 0 Å². The molecule has 0 bridgehead atoms. The fourth-order valence-electron chi connectivity index (χ4n) is 1.79. The van der Waals surface area contributed by atoms with Gasteiger partial charge in [0.2, 0.25) is 0 Å². The molecule has 2 aromatic rings. The fourth-order valence-corrected chi connectivity index (χ4v) is 1.79. The number of hydrogen-bond acceptors (Lipinski definition) is 3. The Morgan fingerprint density at radius 3 is 2.80 bits per heavy atom. The first-order chi connectivity index (χ1) is 9.49. The maximum Gasteiger partial charge on any atom is 0.320 e. The summed E-state index contributed by atoms with van der Waals surface area (Å²) in [5.74, 6) is -0.203. The molecule has 0 spiro atoms. The predicted octanol–water partition coefficient (Wildman–Crippen LogP) is 3.02. The van der Waals surface area contributed by atoms with Crippen molar-refractivity contribution in [3.63, 3.8) is 0 Å². The van der Waals surface area contributed by atoms with Crippen molar-refractivity contribution in [1.82, 2.24) is 9.55 Å². The molecule has 2 rings (SSSR count). The van der Waals surface area contributed by atoms with Crippen LogP contribution >= 0.6 is 0 Å². The summed E-state index contributed by atoms with van der Waals surface area (Å²) < 4.78 is 44.6. The Hall–Kier alpha value is -2.02. The lowest BCUT2D eigenvalue weighted by Gasteiger charge is -2.14. The number of imidazole rings is 1. The van der Waals surface area contributed by atoms with Gasteiger partial charge in [-0.25, -0.2) is 9.37 Å². The topological polar surface area (TPSA) is 53.1 Å². The monoisotopic (exact) mass is 285 g/mol. The Labute approximate surface area is 114 Å². The van der Waals surface area contributed by atoms with Crippen LogP contribution in [-0.2, 0) is 6.61 Å². The summed E-state index contributed by atoms with van der Waals surface area (Å²) in [6.45, 7) is -1.17. The maximum atomic E-state index is 13.2. The second-order valence-corrected chi connectivity index (χ2v) is 4.29. The zero-order chi connectivity index (χ0) is 14.7. The quantitative estimate of drug-likeness (QED) is 0.918. The highest BCUT2D eigenvalue weighted by molar-refractivity contribution is 5.36. The van der Waals surface area contributed by atoms with Crippen molar-refractivity contribution in [2.75, 3.05) is 0 Å². The van der Waals surface area contributed by atoms with Crippen LogP contribution in [0.25, 0.3) is 0 Å². The van der Waals surface area contributed by atoms with E-state index in [0.717, 1.165) is 6.20 Å². The molecule has 1 heterocycles. The van der Waals surface area contributed by atoms with E-state index in [1.54, 1.807) is 6.92 Å². The largest absolute Gasteiger partial charge is 0.485 e. The normalized spacial score (nSPS) is 12.7. The minimum Gasteiger partial charge on any atom is -0.485 e. The van der Waals surface area contributed by atoms with Crippen LogP contribution in [0.5, 0.6) is 5.75 Å². The first-order valence-electron chi connectivity index (χ1n) is 5.96. The average molecular weight is 285 g/mol. The van der Waals surface area contributed by atoms with E-state index in [2.05, 4.69) is 4.98 Å². The van der Waals surface area contributed by atoms with Crippen LogP contribution in [0.4, 0.5) is 13.2 Å². The van der Waals surface area contributed by atoms with Gasteiger partial charge in [-0.2, -0.15) is 8.78 Å². The predicted molar refractivity (Wildman–Crippen MR) is 66.8 cm³/mol. The third kappa shape index (κ3) is 3.11. The molecule has 0 aliphatic heterocycles. The van der Waals surface area contributed by atoms with Gasteiger partial charge in [-0.05, 0) is 13.0 Å². The van der Waals surface area contributed by atoms with E-state index in [4.69, 9.17) is 10.5 Å². The van der Waals surface area contributed by atoms with Crippen molar-refractivity contribution < 1.29 is 17.9 Å². The summed E-state index contributed by atoms with van der Waals surface area (Å²) in [6, 6.07) is 3.59. The van der Waals surface area contributed by atoms with Crippen molar-refractivity contribution in [1.29, 1.82) is 0 Å². The van der Waals surface area contributed by atoms with Gasteiger partial charge in [0.15, 0.2) is 5.82 Å². The van der Waals surface area contributed by atoms with Crippen LogP contribution in [0.3, 0.4) is 0 Å². The molecule has 0 saturated carbocycles. The Morgan fingerprint density at radius 1 is 1.40 bits per heavy atom. The Bertz CT molecular complexity index is 584. The van der Waals surface area contributed by atoms with E-state index < -0.39 is 12.4 Å². The molecule has 2 N–H and O–H groups in total. The Balaban J connectivity index is 2.18. The molecule has 1 atom stereocenters. The van der Waals surface area contributed by atoms with Gasteiger partial charge in [-0.3, -0.25) is 4.57 Å². The second kappa shape index (κ2) is 5.96. The van der Waals surface area contributed by atoms with Gasteiger partial charge < -0.3 is 10.5 Å². The van der Waals surface area contributed by atoms with Crippen LogP contribution in [-0.4, -0.2) is 9.55 Å². The fraction of sp³-hybridized carbons (Fsp3) is 0.308. The zero-order valence-corrected chi connectivity index (χ0v) is 10.8. The third-order valence-corrected chi connectivity index (χ3v) is 2.78. The molecule has 0 fully saturated rings. The number of rotatable bonds is 5. The molecule has 20 heavy (non-hydrogen) atoms. The summed E-state index contributed by atoms with van der Waals surface area (Å²) >= 11 is 0. The standard InChI is InChI=1S/C13H14F3N3O/c1-8(17)10-3-2-9(14)6-11(10)20-7-12-18-4-5-19(12)13(15)16/h2-6,8,13H,7,17H2,1H3/t8-/m1/s1. The van der Waals surface area contributed by atoms with E-state index >= 15 is 0 Å². The lowest BCUT2D eigenvalue weighted by atomic mass is 10.1. The van der Waals surface area contributed by atoms with Crippen LogP contribution in [0, 0.1) is 5.82 Å². The van der Waals surface area contributed by atoms with Crippen LogP contribution < -0.4 is 10.5 Å². The molecule has 7 heteroatoms. The van der Waals surface area contributed by atoms with Gasteiger partial charge in [-0.15, -0.1) is 0 Å². The van der Waals surface area contributed by atoms with Crippen molar-refractivity contribution in [2.24, 2.45) is 5.73 Å². The number of halogens is 3. The summed E-state index contributed by atoms with van der Waals surface area (Å²) in [6.07, 6.45) is 2.41. The first-order valence-corrected chi connectivity index (χ1v) is 5.96. The molecule has 0 amide bonds. The molecule has 0 saturated heterocycles. The molecular weight excluding hydrogens is 271 g/mol. The number of alkyl halides is 2. The molecule has 0 aliphatic carbocycles. The number of hydrogen-bond donors (Lipinski definition) is 1. The van der Waals surface area contributed by atoms with Gasteiger partial charge >= 0.3 is 6.55 Å². The number of benzene rings is 1. The van der Waals surface area contributed by atoms with Crippen molar-refractivity contribution in [3.05, 3.63) is 47.8 Å². The third-order valence-electron chi connectivity index (χ3n) is 2.78. The molecule has 0 aliphatic rings. The lowest BCUT2D eigenvalue weighted by molar-refractivity contribution is 0.0631. The van der Waals surface area contributed by atoms with Gasteiger partial charge in [0.05, 0.1) is 0 Å². The van der Waals surface area contributed by atoms with Crippen molar-refractivity contribution in [2.45, 2.75) is 26.1 Å². The second-order valence-electron chi connectivity index (χ2n) is 4.29. The van der Waals surface area contributed by atoms with Gasteiger partial charge in [-0.1, -0.05) is 6.07 Å². The van der Waals surface area contributed by atoms with E-state index in [0.29, 0.717) is 10.1 Å². The maximum absolute atomic E-state index is 13.2. The molecule has 4 nitrogen and oxygen atoms in total. The van der Waals surface area contributed by atoms with E-state index in [9.17, 15) is 13.2 Å². The summed E-state index contributed by atoms with van der Waals surface area (Å²) in [4.78, 5) is 3.78. The number of aromatic nitrogens is 2. The highest BCUT2D eigenvalue weighted by atomic mass is 19.3. The Morgan fingerprint density at radius 2 is 2.15 bits per heavy atom. The molecule has 1 aromatic carbocycles. The molecule has 108 valence electrons. The number of nitrogens with two attached hydrogens (primary N) is 1. The van der Waals surface area contributed by atoms with Crippen LogP contribution in [0.1, 0.15) is 30.9 Å². The van der Waals surface area contributed by atoms with E-state index in [1.165, 1.54) is 24.4 Å². The van der Waals surface area contributed by atoms with E-state index in [-0.39, 0.29) is 24.2 Å². The average Bonchev–Trinajstić information content (AvgIpc) is 2.84. The van der Waals surface area contributed by atoms with Crippen LogP contribution in [0.15, 0.2) is 30.6 Å². The summed E-state index contributed by atoms with van der Waals surface area (Å²) in [7, 11) is 0. The van der Waals surface area contributed by atoms with Gasteiger partial charge in [0, 0.05) is 30.1 Å². The molecule has 0 radical (unpaired) electrons. The molecule has 0 unspecified atom stereocenters. The summed E-state index contributed by atoms with van der Waals surface area (Å²) in [5, 5.41) is 0.